The van der Waals surface area contributed by atoms with E-state index in [4.69, 9.17) is 0 Å². The number of nitrogens with one attached hydrogen (secondary N) is 2. The Kier molecular flexibility index (Phi) is 3.78. The van der Waals surface area contributed by atoms with Gasteiger partial charge in [-0.15, -0.1) is 0 Å². The van der Waals surface area contributed by atoms with Crippen molar-refractivity contribution in [2.24, 2.45) is 0 Å². The van der Waals surface area contributed by atoms with E-state index in [9.17, 15) is 9.90 Å². The predicted octanol–water partition coefficient (Wildman–Crippen LogP) is 1.82. The molecule has 4 rings (SSSR count). The molecule has 1 aliphatic rings. The van der Waals surface area contributed by atoms with E-state index < -0.39 is 6.10 Å². The van der Waals surface area contributed by atoms with Crippen molar-refractivity contribution in [3.05, 3.63) is 46.9 Å². The Bertz CT molecular complexity index is 902. The van der Waals surface area contributed by atoms with Gasteiger partial charge in [0.2, 0.25) is 5.95 Å². The van der Waals surface area contributed by atoms with Crippen LogP contribution >= 0.6 is 0 Å². The van der Waals surface area contributed by atoms with Crippen molar-refractivity contribution in [2.45, 2.75) is 37.8 Å². The van der Waals surface area contributed by atoms with E-state index >= 15 is 0 Å². The fourth-order valence-corrected chi connectivity index (χ4v) is 3.20. The highest BCUT2D eigenvalue weighted by Gasteiger charge is 2.24. The van der Waals surface area contributed by atoms with Gasteiger partial charge in [0.1, 0.15) is 5.39 Å². The van der Waals surface area contributed by atoms with Crippen LogP contribution < -0.4 is 10.9 Å². The van der Waals surface area contributed by atoms with Gasteiger partial charge in [0, 0.05) is 0 Å². The molecule has 0 radical (unpaired) electrons. The first-order valence-electron chi connectivity index (χ1n) is 8.20. The molecule has 1 aliphatic carbocycles. The third-order valence-electron chi connectivity index (χ3n) is 4.49. The molecule has 0 spiro atoms. The van der Waals surface area contributed by atoms with Crippen LogP contribution in [0, 0.1) is 0 Å². The Morgan fingerprint density at radius 2 is 2.00 bits per heavy atom. The van der Waals surface area contributed by atoms with E-state index in [-0.39, 0.29) is 11.6 Å². The number of anilines is 1. The van der Waals surface area contributed by atoms with Gasteiger partial charge in [-0.25, -0.2) is 4.68 Å². The summed E-state index contributed by atoms with van der Waals surface area (Å²) in [6, 6.07) is 9.47. The minimum atomic E-state index is -0.418. The first-order chi connectivity index (χ1) is 11.7. The second-order valence-corrected chi connectivity index (χ2v) is 6.15. The molecule has 7 nitrogen and oxygen atoms in total. The van der Waals surface area contributed by atoms with Crippen molar-refractivity contribution in [1.29, 1.82) is 0 Å². The van der Waals surface area contributed by atoms with Crippen LogP contribution in [-0.2, 0) is 0 Å². The number of nitrogens with zero attached hydrogens (tertiary/aromatic N) is 3. The molecule has 0 bridgehead atoms. The molecule has 1 aromatic carbocycles. The van der Waals surface area contributed by atoms with Crippen LogP contribution in [0.4, 0.5) is 5.95 Å². The lowest BCUT2D eigenvalue weighted by Gasteiger charge is -2.28. The van der Waals surface area contributed by atoms with Gasteiger partial charge in [-0.3, -0.25) is 9.78 Å². The number of H-pyrrole nitrogens is 1. The molecule has 2 heterocycles. The molecule has 24 heavy (non-hydrogen) atoms. The number of hydrogen-bond acceptors (Lipinski definition) is 5. The zero-order chi connectivity index (χ0) is 16.5. The molecule has 124 valence electrons. The van der Waals surface area contributed by atoms with E-state index in [1.165, 1.54) is 6.20 Å². The molecule has 1 fully saturated rings. The second-order valence-electron chi connectivity index (χ2n) is 6.15. The number of aliphatic hydroxyl groups is 1. The number of benzene rings is 1. The van der Waals surface area contributed by atoms with Crippen molar-refractivity contribution in [3.63, 3.8) is 0 Å². The molecule has 7 heteroatoms. The zero-order valence-corrected chi connectivity index (χ0v) is 13.1. The Balaban J connectivity index is 1.74. The summed E-state index contributed by atoms with van der Waals surface area (Å²) < 4.78 is 1.65. The fraction of sp³-hybridized carbons (Fsp3) is 0.353. The normalized spacial score (nSPS) is 21.0. The largest absolute Gasteiger partial charge is 0.391 e. The van der Waals surface area contributed by atoms with Crippen LogP contribution in [0.15, 0.2) is 41.3 Å². The Morgan fingerprint density at radius 1 is 1.21 bits per heavy atom. The number of aromatic nitrogens is 4. The summed E-state index contributed by atoms with van der Waals surface area (Å²) in [4.78, 5) is 19.6. The first kappa shape index (κ1) is 14.9. The maximum Gasteiger partial charge on any atom is 0.263 e. The Hall–Kier alpha value is -2.67. The van der Waals surface area contributed by atoms with Gasteiger partial charge in [0.25, 0.3) is 5.56 Å². The van der Waals surface area contributed by atoms with Gasteiger partial charge in [-0.05, 0) is 25.0 Å². The predicted molar refractivity (Wildman–Crippen MR) is 91.4 cm³/mol. The van der Waals surface area contributed by atoms with Gasteiger partial charge >= 0.3 is 0 Å². The molecule has 0 aliphatic heterocycles. The van der Waals surface area contributed by atoms with Gasteiger partial charge in [-0.1, -0.05) is 31.0 Å². The first-order valence-corrected chi connectivity index (χ1v) is 8.20. The van der Waals surface area contributed by atoms with Crippen LogP contribution in [0.1, 0.15) is 25.7 Å². The maximum atomic E-state index is 12.3. The number of para-hydroxylation sites is 1. The summed E-state index contributed by atoms with van der Waals surface area (Å²) in [6.45, 7) is 0. The molecule has 3 N–H and O–H groups in total. The number of rotatable bonds is 3. The monoisotopic (exact) mass is 325 g/mol. The summed E-state index contributed by atoms with van der Waals surface area (Å²) in [5, 5.41) is 18.0. The summed E-state index contributed by atoms with van der Waals surface area (Å²) in [5.74, 6) is 0.371. The van der Waals surface area contributed by atoms with Crippen LogP contribution in [0.2, 0.25) is 0 Å². The molecule has 2 atom stereocenters. The van der Waals surface area contributed by atoms with Gasteiger partial charge in [-0.2, -0.15) is 10.1 Å². The zero-order valence-electron chi connectivity index (χ0n) is 13.1. The lowest BCUT2D eigenvalue weighted by molar-refractivity contribution is 0.116. The Labute approximate surface area is 138 Å². The van der Waals surface area contributed by atoms with E-state index in [1.54, 1.807) is 4.68 Å². The quantitative estimate of drug-likeness (QED) is 0.683. The molecule has 0 amide bonds. The number of aliphatic hydroxyl groups excluding tert-OH is 1. The van der Waals surface area contributed by atoms with E-state index in [0.29, 0.717) is 17.0 Å². The summed E-state index contributed by atoms with van der Waals surface area (Å²) in [7, 11) is 0. The average Bonchev–Trinajstić information content (AvgIpc) is 3.02. The number of hydrogen-bond donors (Lipinski definition) is 3. The lowest BCUT2D eigenvalue weighted by Crippen LogP contribution is -2.37. The van der Waals surface area contributed by atoms with Crippen molar-refractivity contribution < 1.29 is 5.11 Å². The smallest absolute Gasteiger partial charge is 0.263 e. The van der Waals surface area contributed by atoms with E-state index in [2.05, 4.69) is 20.4 Å². The highest BCUT2D eigenvalue weighted by Crippen LogP contribution is 2.21. The molecular formula is C17H19N5O2. The topological polar surface area (TPSA) is 95.8 Å². The van der Waals surface area contributed by atoms with Gasteiger partial charge in [0.15, 0.2) is 5.65 Å². The minimum absolute atomic E-state index is 0.0903. The molecule has 0 saturated heterocycles. The van der Waals surface area contributed by atoms with Crippen molar-refractivity contribution >= 4 is 17.0 Å². The molecule has 3 aromatic rings. The minimum Gasteiger partial charge on any atom is -0.391 e. The van der Waals surface area contributed by atoms with Crippen molar-refractivity contribution in [3.8, 4) is 5.69 Å². The summed E-state index contributed by atoms with van der Waals surface area (Å²) in [5.41, 5.74) is 1.10. The highest BCUT2D eigenvalue weighted by atomic mass is 16.3. The van der Waals surface area contributed by atoms with Gasteiger partial charge in [0.05, 0.1) is 24.0 Å². The summed E-state index contributed by atoms with van der Waals surface area (Å²) in [6.07, 6.45) is 4.82. The molecule has 2 aromatic heterocycles. The van der Waals surface area contributed by atoms with Crippen LogP contribution in [0.25, 0.3) is 16.7 Å². The van der Waals surface area contributed by atoms with Crippen LogP contribution in [0.3, 0.4) is 0 Å². The van der Waals surface area contributed by atoms with Crippen molar-refractivity contribution in [1.82, 2.24) is 19.7 Å². The van der Waals surface area contributed by atoms with E-state index in [1.807, 2.05) is 30.3 Å². The third kappa shape index (κ3) is 2.67. The molecular weight excluding hydrogens is 306 g/mol. The average molecular weight is 325 g/mol. The second kappa shape index (κ2) is 6.09. The third-order valence-corrected chi connectivity index (χ3v) is 4.49. The summed E-state index contributed by atoms with van der Waals surface area (Å²) >= 11 is 0. The van der Waals surface area contributed by atoms with Gasteiger partial charge < -0.3 is 10.4 Å². The fourth-order valence-electron chi connectivity index (χ4n) is 3.20. The number of fused-ring (bicyclic) bond motifs is 1. The Morgan fingerprint density at radius 3 is 2.79 bits per heavy atom. The SMILES string of the molecule is O=c1[nH]c(N[C@H]2CCCC[C@@H]2O)nc2c1cnn2-c1ccccc1. The molecule has 1 saturated carbocycles. The lowest BCUT2D eigenvalue weighted by atomic mass is 9.93. The number of aromatic amines is 1. The maximum absolute atomic E-state index is 12.3. The molecule has 0 unspecified atom stereocenters. The van der Waals surface area contributed by atoms with Crippen molar-refractivity contribution in [2.75, 3.05) is 5.32 Å². The standard InChI is InChI=1S/C17H19N5O2/c23-14-9-5-4-8-13(14)19-17-20-15-12(16(24)21-17)10-18-22(15)11-6-2-1-3-7-11/h1-3,6-7,10,13-14,23H,4-5,8-9H2,(H2,19,20,21,24)/t13-,14-/m0/s1. The highest BCUT2D eigenvalue weighted by molar-refractivity contribution is 5.76. The van der Waals surface area contributed by atoms with Crippen LogP contribution in [0.5, 0.6) is 0 Å². The van der Waals surface area contributed by atoms with Crippen LogP contribution in [-0.4, -0.2) is 37.0 Å². The van der Waals surface area contributed by atoms with E-state index in [0.717, 1.165) is 31.4 Å².